The number of ether oxygens (including phenoxy) is 1. The number of halogens is 1. The summed E-state index contributed by atoms with van der Waals surface area (Å²) >= 11 is 5.81. The highest BCUT2D eigenvalue weighted by Crippen LogP contribution is 2.20. The van der Waals surface area contributed by atoms with Gasteiger partial charge in [-0.15, -0.1) is 0 Å². The number of esters is 1. The lowest BCUT2D eigenvalue weighted by Crippen LogP contribution is -2.21. The van der Waals surface area contributed by atoms with Gasteiger partial charge in [0.15, 0.2) is 6.61 Å². The molecule has 0 aliphatic rings. The van der Waals surface area contributed by atoms with Crippen molar-refractivity contribution in [3.63, 3.8) is 0 Å². The number of carbonyl (C=O) groups excluding carboxylic acids is 2. The number of amides is 1. The van der Waals surface area contributed by atoms with E-state index in [1.54, 1.807) is 0 Å². The number of nitrogen functional groups attached to an aromatic ring is 1. The molecule has 0 radical (unpaired) electrons. The van der Waals surface area contributed by atoms with Crippen molar-refractivity contribution in [3.05, 3.63) is 40.0 Å². The van der Waals surface area contributed by atoms with Crippen LogP contribution < -0.4 is 11.1 Å². The molecule has 0 bridgehead atoms. The van der Waals surface area contributed by atoms with E-state index in [-0.39, 0.29) is 28.4 Å². The molecule has 0 spiro atoms. The number of nitrogens with one attached hydrogen (secondary N) is 1. The molecule has 0 unspecified atom stereocenters. The van der Waals surface area contributed by atoms with Gasteiger partial charge < -0.3 is 20.3 Å². The summed E-state index contributed by atoms with van der Waals surface area (Å²) in [6.07, 6.45) is 0. The van der Waals surface area contributed by atoms with E-state index in [9.17, 15) is 9.59 Å². The van der Waals surface area contributed by atoms with Gasteiger partial charge in [0.2, 0.25) is 5.88 Å². The average molecular weight is 335 g/mol. The lowest BCUT2D eigenvalue weighted by molar-refractivity contribution is -0.119. The molecule has 0 atom stereocenters. The first kappa shape index (κ1) is 16.3. The van der Waals surface area contributed by atoms with Crippen LogP contribution in [0.15, 0.2) is 22.7 Å². The number of hydrogen-bond donors (Lipinski definition) is 2. The maximum absolute atomic E-state index is 11.8. The quantitative estimate of drug-likeness (QED) is 0.816. The van der Waals surface area contributed by atoms with E-state index in [1.165, 1.54) is 25.1 Å². The van der Waals surface area contributed by atoms with E-state index >= 15 is 0 Å². The van der Waals surface area contributed by atoms with Gasteiger partial charge in [-0.1, -0.05) is 16.8 Å². The molecular formula is C14H11ClN4O4. The fourth-order valence-electron chi connectivity index (χ4n) is 1.74. The summed E-state index contributed by atoms with van der Waals surface area (Å²) in [5.74, 6) is -1.65. The smallest absolute Gasteiger partial charge is 0.346 e. The van der Waals surface area contributed by atoms with Gasteiger partial charge >= 0.3 is 5.97 Å². The molecule has 1 amide bonds. The van der Waals surface area contributed by atoms with Gasteiger partial charge in [-0.3, -0.25) is 4.79 Å². The first-order chi connectivity index (χ1) is 10.9. The van der Waals surface area contributed by atoms with E-state index in [2.05, 4.69) is 15.0 Å². The van der Waals surface area contributed by atoms with Crippen LogP contribution in [0.3, 0.4) is 0 Å². The third kappa shape index (κ3) is 3.78. The topological polar surface area (TPSA) is 131 Å². The van der Waals surface area contributed by atoms with Gasteiger partial charge in [0.1, 0.15) is 11.6 Å². The number of nitriles is 1. The standard InChI is InChI=1S/C14H11ClN4O4/c1-7-12(13(17)23-19-7)14(21)22-6-11(20)18-10-4-9(15)3-2-8(10)5-16/h2-4H,6,17H2,1H3,(H,18,20). The maximum atomic E-state index is 11.8. The van der Waals surface area contributed by atoms with Crippen LogP contribution in [-0.4, -0.2) is 23.6 Å². The predicted molar refractivity (Wildman–Crippen MR) is 80.7 cm³/mol. The van der Waals surface area contributed by atoms with Gasteiger partial charge in [0.25, 0.3) is 5.91 Å². The number of nitrogens with two attached hydrogens (primary N) is 1. The fourth-order valence-corrected chi connectivity index (χ4v) is 1.91. The van der Waals surface area contributed by atoms with Crippen molar-refractivity contribution >= 4 is 35.0 Å². The molecule has 0 aliphatic carbocycles. The summed E-state index contributed by atoms with van der Waals surface area (Å²) in [6, 6.07) is 6.32. The zero-order valence-corrected chi connectivity index (χ0v) is 12.7. The van der Waals surface area contributed by atoms with Crippen molar-refractivity contribution < 1.29 is 18.8 Å². The molecular weight excluding hydrogens is 324 g/mol. The van der Waals surface area contributed by atoms with Crippen LogP contribution in [0.5, 0.6) is 0 Å². The van der Waals surface area contributed by atoms with Crippen LogP contribution >= 0.6 is 11.6 Å². The Balaban J connectivity index is 2.00. The normalized spacial score (nSPS) is 9.96. The minimum Gasteiger partial charge on any atom is -0.452 e. The molecule has 9 heteroatoms. The minimum absolute atomic E-state index is 0.0294. The second-order valence-corrected chi connectivity index (χ2v) is 4.87. The molecule has 2 aromatic rings. The molecule has 3 N–H and O–H groups in total. The van der Waals surface area contributed by atoms with Gasteiger partial charge in [-0.2, -0.15) is 5.26 Å². The number of carbonyl (C=O) groups is 2. The zero-order chi connectivity index (χ0) is 17.0. The first-order valence-electron chi connectivity index (χ1n) is 6.30. The molecule has 8 nitrogen and oxygen atoms in total. The molecule has 1 heterocycles. The zero-order valence-electron chi connectivity index (χ0n) is 11.9. The Morgan fingerprint density at radius 3 is 2.87 bits per heavy atom. The Bertz CT molecular complexity index is 790. The van der Waals surface area contributed by atoms with Gasteiger partial charge in [-0.25, -0.2) is 4.79 Å². The fraction of sp³-hybridized carbons (Fsp3) is 0.143. The van der Waals surface area contributed by atoms with Crippen LogP contribution in [0, 0.1) is 18.3 Å². The van der Waals surface area contributed by atoms with Crippen molar-refractivity contribution in [2.75, 3.05) is 17.7 Å². The number of benzene rings is 1. The maximum Gasteiger partial charge on any atom is 0.346 e. The highest BCUT2D eigenvalue weighted by atomic mass is 35.5. The highest BCUT2D eigenvalue weighted by Gasteiger charge is 2.21. The second-order valence-electron chi connectivity index (χ2n) is 4.43. The average Bonchev–Trinajstić information content (AvgIpc) is 2.84. The SMILES string of the molecule is Cc1noc(N)c1C(=O)OCC(=O)Nc1cc(Cl)ccc1C#N. The number of aryl methyl sites for hydroxylation is 1. The minimum atomic E-state index is -0.831. The van der Waals surface area contributed by atoms with Crippen molar-refractivity contribution in [1.29, 1.82) is 5.26 Å². The largest absolute Gasteiger partial charge is 0.452 e. The summed E-state index contributed by atoms with van der Waals surface area (Å²) in [5, 5.41) is 15.3. The molecule has 0 fully saturated rings. The monoisotopic (exact) mass is 334 g/mol. The Labute approximate surface area is 135 Å². The van der Waals surface area contributed by atoms with E-state index < -0.39 is 18.5 Å². The molecule has 2 rings (SSSR count). The van der Waals surface area contributed by atoms with Crippen LogP contribution in [0.4, 0.5) is 11.6 Å². The first-order valence-corrected chi connectivity index (χ1v) is 6.68. The summed E-state index contributed by atoms with van der Waals surface area (Å²) in [7, 11) is 0. The highest BCUT2D eigenvalue weighted by molar-refractivity contribution is 6.31. The number of anilines is 2. The Morgan fingerprint density at radius 1 is 1.52 bits per heavy atom. The van der Waals surface area contributed by atoms with Crippen LogP contribution in [0.1, 0.15) is 21.6 Å². The van der Waals surface area contributed by atoms with E-state index in [1.807, 2.05) is 6.07 Å². The number of hydrogen-bond acceptors (Lipinski definition) is 7. The number of aromatic nitrogens is 1. The summed E-state index contributed by atoms with van der Waals surface area (Å²) in [5.41, 5.74) is 6.13. The lowest BCUT2D eigenvalue weighted by Gasteiger charge is -2.08. The van der Waals surface area contributed by atoms with Crippen molar-refractivity contribution in [2.45, 2.75) is 6.92 Å². The molecule has 1 aromatic heterocycles. The van der Waals surface area contributed by atoms with Gasteiger partial charge in [0.05, 0.1) is 16.9 Å². The Morgan fingerprint density at radius 2 is 2.26 bits per heavy atom. The Kier molecular flexibility index (Phi) is 4.83. The molecule has 1 aromatic carbocycles. The summed E-state index contributed by atoms with van der Waals surface area (Å²) < 4.78 is 9.48. The van der Waals surface area contributed by atoms with E-state index in [0.29, 0.717) is 5.02 Å². The molecule has 0 aliphatic heterocycles. The van der Waals surface area contributed by atoms with E-state index in [4.69, 9.17) is 27.3 Å². The molecule has 118 valence electrons. The Hall–Kier alpha value is -3.05. The van der Waals surface area contributed by atoms with Crippen LogP contribution in [-0.2, 0) is 9.53 Å². The van der Waals surface area contributed by atoms with Crippen molar-refractivity contribution in [3.8, 4) is 6.07 Å². The molecule has 0 saturated carbocycles. The summed E-state index contributed by atoms with van der Waals surface area (Å²) in [6.45, 7) is 0.946. The third-order valence-corrected chi connectivity index (χ3v) is 3.04. The van der Waals surface area contributed by atoms with Crippen molar-refractivity contribution in [2.24, 2.45) is 0 Å². The van der Waals surface area contributed by atoms with Gasteiger partial charge in [0, 0.05) is 5.02 Å². The molecule has 23 heavy (non-hydrogen) atoms. The third-order valence-electron chi connectivity index (χ3n) is 2.80. The van der Waals surface area contributed by atoms with Crippen LogP contribution in [0.2, 0.25) is 5.02 Å². The lowest BCUT2D eigenvalue weighted by atomic mass is 10.2. The molecule has 0 saturated heterocycles. The number of nitrogens with zero attached hydrogens (tertiary/aromatic N) is 2. The van der Waals surface area contributed by atoms with Gasteiger partial charge in [-0.05, 0) is 25.1 Å². The summed E-state index contributed by atoms with van der Waals surface area (Å²) in [4.78, 5) is 23.7. The predicted octanol–water partition coefficient (Wildman–Crippen LogP) is 1.89. The van der Waals surface area contributed by atoms with E-state index in [0.717, 1.165) is 0 Å². The second kappa shape index (κ2) is 6.81. The van der Waals surface area contributed by atoms with Crippen LogP contribution in [0.25, 0.3) is 0 Å². The van der Waals surface area contributed by atoms with Crippen molar-refractivity contribution in [1.82, 2.24) is 5.16 Å². The number of rotatable bonds is 4.